The molecule has 2 N–H and O–H groups in total. The molecule has 3 rings (SSSR count). The zero-order valence-corrected chi connectivity index (χ0v) is 15.1. The van der Waals surface area contributed by atoms with E-state index in [1.165, 1.54) is 29.2 Å². The highest BCUT2D eigenvalue weighted by molar-refractivity contribution is 5.81. The number of amides is 1. The van der Waals surface area contributed by atoms with Crippen LogP contribution in [0.5, 0.6) is 0 Å². The van der Waals surface area contributed by atoms with Gasteiger partial charge in [0, 0.05) is 26.2 Å². The molecule has 7 nitrogen and oxygen atoms in total. The monoisotopic (exact) mass is 380 g/mol. The molecule has 0 unspecified atom stereocenters. The fraction of sp³-hybridized carbons (Fsp3) is 0.579. The molecule has 0 saturated carbocycles. The fourth-order valence-electron chi connectivity index (χ4n) is 3.77. The summed E-state index contributed by atoms with van der Waals surface area (Å²) in [6.45, 7) is 2.97. The van der Waals surface area contributed by atoms with E-state index in [1.807, 2.05) is 4.90 Å². The van der Waals surface area contributed by atoms with Crippen LogP contribution >= 0.6 is 0 Å². The molecule has 1 amide bonds. The second kappa shape index (κ2) is 8.33. The molecule has 8 heteroatoms. The lowest BCUT2D eigenvalue weighted by Gasteiger charge is -2.44. The van der Waals surface area contributed by atoms with Crippen LogP contribution in [0.2, 0.25) is 0 Å². The van der Waals surface area contributed by atoms with E-state index >= 15 is 0 Å². The zero-order valence-electron chi connectivity index (χ0n) is 15.1. The molecule has 2 aliphatic heterocycles. The molecule has 2 heterocycles. The van der Waals surface area contributed by atoms with Gasteiger partial charge in [0.2, 0.25) is 5.91 Å². The summed E-state index contributed by atoms with van der Waals surface area (Å²) in [4.78, 5) is 28.3. The standard InChI is InChI=1S/C19H25FN2O5/c20-15-3-1-14(2-4-15)11-19(18(25)26)13-22(6-5-16(19)23)17(24)12-21-7-9-27-10-8-21/h1-4,16,23H,5-13H2,(H,25,26)/t16-,19+/m0/s1. The third-order valence-electron chi connectivity index (χ3n) is 5.46. The summed E-state index contributed by atoms with van der Waals surface area (Å²) < 4.78 is 18.4. The van der Waals surface area contributed by atoms with E-state index in [9.17, 15) is 24.2 Å². The first-order valence-electron chi connectivity index (χ1n) is 9.14. The van der Waals surface area contributed by atoms with Crippen molar-refractivity contribution in [3.8, 4) is 0 Å². The van der Waals surface area contributed by atoms with Crippen LogP contribution in [0.25, 0.3) is 0 Å². The van der Waals surface area contributed by atoms with Crippen molar-refractivity contribution in [2.75, 3.05) is 45.9 Å². The Morgan fingerprint density at radius 3 is 2.48 bits per heavy atom. The Balaban J connectivity index is 1.74. The predicted octanol–water partition coefficient (Wildman–Crippen LogP) is 0.365. The molecule has 0 bridgehead atoms. The van der Waals surface area contributed by atoms with Gasteiger partial charge in [-0.05, 0) is 30.5 Å². The lowest BCUT2D eigenvalue weighted by Crippen LogP contribution is -2.59. The van der Waals surface area contributed by atoms with E-state index in [0.29, 0.717) is 38.4 Å². The minimum absolute atomic E-state index is 0.0329. The molecule has 2 aliphatic rings. The summed E-state index contributed by atoms with van der Waals surface area (Å²) in [5.41, 5.74) is -0.892. The van der Waals surface area contributed by atoms with Gasteiger partial charge in [0.1, 0.15) is 11.2 Å². The first kappa shape index (κ1) is 19.7. The third kappa shape index (κ3) is 4.45. The van der Waals surface area contributed by atoms with Crippen molar-refractivity contribution in [3.05, 3.63) is 35.6 Å². The largest absolute Gasteiger partial charge is 0.481 e. The van der Waals surface area contributed by atoms with Gasteiger partial charge in [-0.15, -0.1) is 0 Å². The number of aliphatic hydroxyl groups excluding tert-OH is 1. The summed E-state index contributed by atoms with van der Waals surface area (Å²) in [5, 5.41) is 20.4. The van der Waals surface area contributed by atoms with E-state index in [2.05, 4.69) is 0 Å². The van der Waals surface area contributed by atoms with Crippen LogP contribution in [0, 0.1) is 11.2 Å². The summed E-state index contributed by atoms with van der Waals surface area (Å²) >= 11 is 0. The molecule has 148 valence electrons. The number of hydrogen-bond donors (Lipinski definition) is 2. The lowest BCUT2D eigenvalue weighted by molar-refractivity contribution is -0.166. The quantitative estimate of drug-likeness (QED) is 0.767. The van der Waals surface area contributed by atoms with Crippen molar-refractivity contribution in [1.29, 1.82) is 0 Å². The van der Waals surface area contributed by atoms with E-state index in [4.69, 9.17) is 4.74 Å². The number of nitrogens with zero attached hydrogens (tertiary/aromatic N) is 2. The number of benzene rings is 1. The third-order valence-corrected chi connectivity index (χ3v) is 5.46. The lowest BCUT2D eigenvalue weighted by atomic mass is 9.73. The number of piperidine rings is 1. The van der Waals surface area contributed by atoms with Gasteiger partial charge >= 0.3 is 5.97 Å². The first-order valence-corrected chi connectivity index (χ1v) is 9.14. The van der Waals surface area contributed by atoms with Gasteiger partial charge in [-0.1, -0.05) is 12.1 Å². The Morgan fingerprint density at radius 2 is 1.85 bits per heavy atom. The maximum Gasteiger partial charge on any atom is 0.314 e. The molecular formula is C19H25FN2O5. The Kier molecular flexibility index (Phi) is 6.08. The molecular weight excluding hydrogens is 355 g/mol. The average molecular weight is 380 g/mol. The van der Waals surface area contributed by atoms with Crippen molar-refractivity contribution in [1.82, 2.24) is 9.80 Å². The maximum atomic E-state index is 13.2. The number of ether oxygens (including phenoxy) is 1. The summed E-state index contributed by atoms with van der Waals surface area (Å²) in [6, 6.07) is 5.56. The molecule has 0 spiro atoms. The molecule has 2 atom stereocenters. The number of aliphatic carboxylic acids is 1. The molecule has 0 aromatic heterocycles. The predicted molar refractivity (Wildman–Crippen MR) is 94.6 cm³/mol. The van der Waals surface area contributed by atoms with Gasteiger partial charge in [-0.3, -0.25) is 14.5 Å². The Morgan fingerprint density at radius 1 is 1.19 bits per heavy atom. The molecule has 2 saturated heterocycles. The summed E-state index contributed by atoms with van der Waals surface area (Å²) in [7, 11) is 0. The van der Waals surface area contributed by atoms with E-state index in [-0.39, 0.29) is 31.8 Å². The number of halogens is 1. The highest BCUT2D eigenvalue weighted by Crippen LogP contribution is 2.35. The molecule has 1 aromatic rings. The van der Waals surface area contributed by atoms with Crippen molar-refractivity contribution in [2.24, 2.45) is 5.41 Å². The number of hydrogen-bond acceptors (Lipinski definition) is 5. The first-order chi connectivity index (χ1) is 12.9. The van der Waals surface area contributed by atoms with Gasteiger partial charge < -0.3 is 19.8 Å². The SMILES string of the molecule is O=C(CN1CCOCC1)N1CC[C@H](O)[C@](Cc2ccc(F)cc2)(C(=O)O)C1. The second-order valence-electron chi connectivity index (χ2n) is 7.27. The van der Waals surface area contributed by atoms with Crippen molar-refractivity contribution >= 4 is 11.9 Å². The number of carbonyl (C=O) groups excluding carboxylic acids is 1. The molecule has 2 fully saturated rings. The van der Waals surface area contributed by atoms with Gasteiger partial charge in [-0.2, -0.15) is 0 Å². The number of rotatable bonds is 5. The van der Waals surface area contributed by atoms with Gasteiger partial charge in [-0.25, -0.2) is 4.39 Å². The fourth-order valence-corrected chi connectivity index (χ4v) is 3.77. The van der Waals surface area contributed by atoms with Crippen molar-refractivity contribution in [2.45, 2.75) is 18.9 Å². The van der Waals surface area contributed by atoms with E-state index in [0.717, 1.165) is 0 Å². The highest BCUT2D eigenvalue weighted by Gasteiger charge is 2.50. The Labute approximate surface area is 157 Å². The average Bonchev–Trinajstić information content (AvgIpc) is 2.66. The van der Waals surface area contributed by atoms with Crippen LogP contribution in [-0.2, 0) is 20.7 Å². The smallest absolute Gasteiger partial charge is 0.314 e. The van der Waals surface area contributed by atoms with Crippen molar-refractivity contribution < 1.29 is 28.9 Å². The number of carbonyl (C=O) groups is 2. The van der Waals surface area contributed by atoms with Gasteiger partial charge in [0.15, 0.2) is 0 Å². The van der Waals surface area contributed by atoms with Crippen LogP contribution in [0.1, 0.15) is 12.0 Å². The molecule has 1 aromatic carbocycles. The van der Waals surface area contributed by atoms with E-state index in [1.54, 1.807) is 0 Å². The minimum Gasteiger partial charge on any atom is -0.481 e. The summed E-state index contributed by atoms with van der Waals surface area (Å²) in [6.07, 6.45) is -0.847. The van der Waals surface area contributed by atoms with Gasteiger partial charge in [0.05, 0.1) is 25.9 Å². The van der Waals surface area contributed by atoms with Crippen LogP contribution < -0.4 is 0 Å². The van der Waals surface area contributed by atoms with Crippen LogP contribution in [0.15, 0.2) is 24.3 Å². The van der Waals surface area contributed by atoms with E-state index < -0.39 is 23.3 Å². The van der Waals surface area contributed by atoms with Crippen molar-refractivity contribution in [3.63, 3.8) is 0 Å². The number of carboxylic acid groups (broad SMARTS) is 1. The number of aliphatic hydroxyl groups is 1. The Hall–Kier alpha value is -2.03. The maximum absolute atomic E-state index is 13.2. The number of carboxylic acids is 1. The second-order valence-corrected chi connectivity index (χ2v) is 7.27. The van der Waals surface area contributed by atoms with Gasteiger partial charge in [0.25, 0.3) is 0 Å². The van der Waals surface area contributed by atoms with Crippen LogP contribution in [0.4, 0.5) is 4.39 Å². The highest BCUT2D eigenvalue weighted by atomic mass is 19.1. The zero-order chi connectivity index (χ0) is 19.4. The topological polar surface area (TPSA) is 90.3 Å². The molecule has 0 aliphatic carbocycles. The minimum atomic E-state index is -1.50. The molecule has 27 heavy (non-hydrogen) atoms. The number of morpholine rings is 1. The molecule has 0 radical (unpaired) electrons. The normalized spacial score (nSPS) is 26.7. The number of likely N-dealkylation sites (tertiary alicyclic amines) is 1. The van der Waals surface area contributed by atoms with Crippen LogP contribution in [-0.4, -0.2) is 83.9 Å². The Bertz CT molecular complexity index is 677. The van der Waals surface area contributed by atoms with Crippen LogP contribution in [0.3, 0.4) is 0 Å². The summed E-state index contributed by atoms with van der Waals surface area (Å²) in [5.74, 6) is -1.70.